The predicted octanol–water partition coefficient (Wildman–Crippen LogP) is 5.12. The SMILES string of the molecule is Cc1cccc(Oc2ccc3c(c2)CCCC3CNc2c(C(=O)O)ccnc2C)n1. The molecular weight excluding hydrogens is 378 g/mol. The molecule has 2 aromatic heterocycles. The number of fused-ring (bicyclic) bond motifs is 1. The quantitative estimate of drug-likeness (QED) is 0.595. The van der Waals surface area contributed by atoms with Gasteiger partial charge in [0.25, 0.3) is 0 Å². The van der Waals surface area contributed by atoms with Crippen molar-refractivity contribution in [3.8, 4) is 11.6 Å². The van der Waals surface area contributed by atoms with Crippen molar-refractivity contribution >= 4 is 11.7 Å². The van der Waals surface area contributed by atoms with Gasteiger partial charge in [0.1, 0.15) is 5.75 Å². The number of nitrogens with zero attached hydrogens (tertiary/aromatic N) is 2. The summed E-state index contributed by atoms with van der Waals surface area (Å²) in [5, 5.41) is 12.8. The van der Waals surface area contributed by atoms with Gasteiger partial charge in [0.15, 0.2) is 0 Å². The van der Waals surface area contributed by atoms with Crippen molar-refractivity contribution < 1.29 is 14.6 Å². The van der Waals surface area contributed by atoms with Crippen molar-refractivity contribution in [3.63, 3.8) is 0 Å². The second-order valence-electron chi connectivity index (χ2n) is 7.67. The molecule has 0 radical (unpaired) electrons. The van der Waals surface area contributed by atoms with Crippen LogP contribution in [0.2, 0.25) is 0 Å². The smallest absolute Gasteiger partial charge is 0.337 e. The van der Waals surface area contributed by atoms with Crippen LogP contribution in [0.25, 0.3) is 0 Å². The van der Waals surface area contributed by atoms with Gasteiger partial charge in [0.2, 0.25) is 5.88 Å². The van der Waals surface area contributed by atoms with Crippen LogP contribution in [0.15, 0.2) is 48.7 Å². The first kappa shape index (κ1) is 19.9. The predicted molar refractivity (Wildman–Crippen MR) is 116 cm³/mol. The molecule has 1 aromatic carbocycles. The van der Waals surface area contributed by atoms with Crippen molar-refractivity contribution in [1.82, 2.24) is 9.97 Å². The third-order valence-corrected chi connectivity index (χ3v) is 5.53. The number of carboxylic acid groups (broad SMARTS) is 1. The molecule has 1 atom stereocenters. The summed E-state index contributed by atoms with van der Waals surface area (Å²) in [5.74, 6) is 0.744. The number of hydrogen-bond acceptors (Lipinski definition) is 5. The molecule has 0 amide bonds. The summed E-state index contributed by atoms with van der Waals surface area (Å²) < 4.78 is 5.95. The number of hydrogen-bond donors (Lipinski definition) is 2. The van der Waals surface area contributed by atoms with E-state index < -0.39 is 5.97 Å². The van der Waals surface area contributed by atoms with E-state index in [1.807, 2.05) is 38.1 Å². The van der Waals surface area contributed by atoms with E-state index in [0.29, 0.717) is 29.7 Å². The van der Waals surface area contributed by atoms with Crippen LogP contribution < -0.4 is 10.1 Å². The van der Waals surface area contributed by atoms with Crippen LogP contribution in [0, 0.1) is 13.8 Å². The Bertz CT molecular complexity index is 1080. The molecule has 0 spiro atoms. The number of benzene rings is 1. The molecule has 2 N–H and O–H groups in total. The highest BCUT2D eigenvalue weighted by Crippen LogP contribution is 2.35. The third kappa shape index (κ3) is 4.27. The highest BCUT2D eigenvalue weighted by atomic mass is 16.5. The highest BCUT2D eigenvalue weighted by Gasteiger charge is 2.22. The molecule has 6 heteroatoms. The summed E-state index contributed by atoms with van der Waals surface area (Å²) in [6.45, 7) is 4.43. The van der Waals surface area contributed by atoms with Crippen molar-refractivity contribution in [2.24, 2.45) is 0 Å². The van der Waals surface area contributed by atoms with Crippen LogP contribution in [0.3, 0.4) is 0 Å². The molecule has 0 saturated heterocycles. The number of ether oxygens (including phenoxy) is 1. The van der Waals surface area contributed by atoms with Crippen molar-refractivity contribution in [3.05, 3.63) is 76.7 Å². The number of aromatic nitrogens is 2. The standard InChI is InChI=1S/C24H25N3O3/c1-15-5-3-8-22(27-15)30-19-9-10-20-17(13-19)6-4-7-18(20)14-26-23-16(2)25-12-11-21(23)24(28)29/h3,5,8-13,18,26H,4,6-7,14H2,1-2H3,(H,28,29). The summed E-state index contributed by atoms with van der Waals surface area (Å²) in [5.41, 5.74) is 5.04. The summed E-state index contributed by atoms with van der Waals surface area (Å²) >= 11 is 0. The zero-order valence-electron chi connectivity index (χ0n) is 17.2. The molecule has 0 saturated carbocycles. The Morgan fingerprint density at radius 2 is 2.10 bits per heavy atom. The van der Waals surface area contributed by atoms with Gasteiger partial charge in [-0.2, -0.15) is 0 Å². The van der Waals surface area contributed by atoms with E-state index in [0.717, 1.165) is 30.7 Å². The highest BCUT2D eigenvalue weighted by molar-refractivity contribution is 5.94. The lowest BCUT2D eigenvalue weighted by molar-refractivity contribution is 0.0697. The first-order valence-corrected chi connectivity index (χ1v) is 10.2. The molecule has 0 fully saturated rings. The Kier molecular flexibility index (Phi) is 5.65. The van der Waals surface area contributed by atoms with Crippen LogP contribution in [-0.2, 0) is 6.42 Å². The minimum absolute atomic E-state index is 0.257. The number of carboxylic acids is 1. The Hall–Kier alpha value is -3.41. The van der Waals surface area contributed by atoms with Gasteiger partial charge < -0.3 is 15.2 Å². The number of carbonyl (C=O) groups is 1. The van der Waals surface area contributed by atoms with Crippen LogP contribution in [0.1, 0.15) is 51.6 Å². The van der Waals surface area contributed by atoms with E-state index in [1.54, 1.807) is 0 Å². The second kappa shape index (κ2) is 8.53. The Morgan fingerprint density at radius 1 is 1.23 bits per heavy atom. The molecule has 3 aromatic rings. The van der Waals surface area contributed by atoms with E-state index in [1.165, 1.54) is 23.4 Å². The second-order valence-corrected chi connectivity index (χ2v) is 7.67. The average Bonchev–Trinajstić information content (AvgIpc) is 2.72. The fourth-order valence-corrected chi connectivity index (χ4v) is 4.06. The van der Waals surface area contributed by atoms with Gasteiger partial charge in [0, 0.05) is 30.4 Å². The van der Waals surface area contributed by atoms with Crippen LogP contribution in [-0.4, -0.2) is 27.6 Å². The van der Waals surface area contributed by atoms with Gasteiger partial charge in [-0.05, 0) is 68.5 Å². The molecule has 1 aliphatic rings. The Labute approximate surface area is 176 Å². The van der Waals surface area contributed by atoms with Crippen molar-refractivity contribution in [2.75, 3.05) is 11.9 Å². The molecule has 4 rings (SSSR count). The monoisotopic (exact) mass is 403 g/mol. The van der Waals surface area contributed by atoms with Gasteiger partial charge in [-0.25, -0.2) is 9.78 Å². The number of rotatable bonds is 6. The third-order valence-electron chi connectivity index (χ3n) is 5.53. The number of aryl methyl sites for hydroxylation is 3. The lowest BCUT2D eigenvalue weighted by atomic mass is 9.82. The minimum Gasteiger partial charge on any atom is -0.478 e. The number of anilines is 1. The maximum absolute atomic E-state index is 11.5. The minimum atomic E-state index is -0.946. The lowest BCUT2D eigenvalue weighted by Crippen LogP contribution is -2.20. The normalized spacial score (nSPS) is 15.3. The average molecular weight is 403 g/mol. The maximum Gasteiger partial charge on any atom is 0.337 e. The van der Waals surface area contributed by atoms with Gasteiger partial charge >= 0.3 is 5.97 Å². The fraction of sp³-hybridized carbons (Fsp3) is 0.292. The van der Waals surface area contributed by atoms with E-state index in [9.17, 15) is 9.90 Å². The van der Waals surface area contributed by atoms with E-state index in [4.69, 9.17) is 4.74 Å². The van der Waals surface area contributed by atoms with E-state index in [-0.39, 0.29) is 5.56 Å². The van der Waals surface area contributed by atoms with Crippen LogP contribution in [0.5, 0.6) is 11.6 Å². The molecule has 154 valence electrons. The molecule has 30 heavy (non-hydrogen) atoms. The maximum atomic E-state index is 11.5. The molecule has 1 aliphatic carbocycles. The molecule has 0 aliphatic heterocycles. The van der Waals surface area contributed by atoms with Gasteiger partial charge in [-0.15, -0.1) is 0 Å². The van der Waals surface area contributed by atoms with Crippen LogP contribution in [0.4, 0.5) is 5.69 Å². The Morgan fingerprint density at radius 3 is 2.90 bits per heavy atom. The topological polar surface area (TPSA) is 84.3 Å². The summed E-state index contributed by atoms with van der Waals surface area (Å²) in [6.07, 6.45) is 4.69. The largest absolute Gasteiger partial charge is 0.478 e. The van der Waals surface area contributed by atoms with Crippen LogP contribution >= 0.6 is 0 Å². The number of aromatic carboxylic acids is 1. The van der Waals surface area contributed by atoms with Crippen molar-refractivity contribution in [2.45, 2.75) is 39.0 Å². The summed E-state index contributed by atoms with van der Waals surface area (Å²) in [4.78, 5) is 20.2. The molecule has 6 nitrogen and oxygen atoms in total. The number of nitrogens with one attached hydrogen (secondary N) is 1. The molecule has 0 bridgehead atoms. The van der Waals surface area contributed by atoms with Gasteiger partial charge in [-0.3, -0.25) is 4.98 Å². The fourth-order valence-electron chi connectivity index (χ4n) is 4.06. The summed E-state index contributed by atoms with van der Waals surface area (Å²) in [6, 6.07) is 13.5. The van der Waals surface area contributed by atoms with E-state index in [2.05, 4.69) is 27.4 Å². The Balaban J connectivity index is 1.51. The zero-order chi connectivity index (χ0) is 21.1. The molecule has 1 unspecified atom stereocenters. The van der Waals surface area contributed by atoms with Gasteiger partial charge in [-0.1, -0.05) is 12.1 Å². The van der Waals surface area contributed by atoms with E-state index >= 15 is 0 Å². The molecule has 2 heterocycles. The van der Waals surface area contributed by atoms with Crippen molar-refractivity contribution in [1.29, 1.82) is 0 Å². The number of pyridine rings is 2. The first-order chi connectivity index (χ1) is 14.5. The first-order valence-electron chi connectivity index (χ1n) is 10.2. The summed E-state index contributed by atoms with van der Waals surface area (Å²) in [7, 11) is 0. The molecular formula is C24H25N3O3. The van der Waals surface area contributed by atoms with Gasteiger partial charge in [0.05, 0.1) is 16.9 Å². The lowest BCUT2D eigenvalue weighted by Gasteiger charge is -2.27. The zero-order valence-corrected chi connectivity index (χ0v) is 17.2.